The molecule has 0 aliphatic heterocycles. The molecule has 0 fully saturated rings. The SMILES string of the molecule is CC(=O)Cc1[nH]ncc1[N+](=O)[O-]. The zero-order chi connectivity index (χ0) is 9.14. The molecular weight excluding hydrogens is 162 g/mol. The summed E-state index contributed by atoms with van der Waals surface area (Å²) in [7, 11) is 0. The van der Waals surface area contributed by atoms with Crippen molar-refractivity contribution in [2.24, 2.45) is 0 Å². The molecule has 0 unspecified atom stereocenters. The lowest BCUT2D eigenvalue weighted by Gasteiger charge is -1.90. The highest BCUT2D eigenvalue weighted by Gasteiger charge is 2.16. The smallest absolute Gasteiger partial charge is 0.300 e. The van der Waals surface area contributed by atoms with Crippen molar-refractivity contribution >= 4 is 11.5 Å². The Morgan fingerprint density at radius 1 is 1.83 bits per heavy atom. The van der Waals surface area contributed by atoms with Gasteiger partial charge in [0.1, 0.15) is 17.7 Å². The summed E-state index contributed by atoms with van der Waals surface area (Å²) in [6.45, 7) is 1.37. The summed E-state index contributed by atoms with van der Waals surface area (Å²) in [5.74, 6) is -0.137. The number of hydrogen-bond donors (Lipinski definition) is 1. The fourth-order valence-electron chi connectivity index (χ4n) is 0.843. The Morgan fingerprint density at radius 2 is 2.50 bits per heavy atom. The highest BCUT2D eigenvalue weighted by molar-refractivity contribution is 5.78. The van der Waals surface area contributed by atoms with Gasteiger partial charge in [-0.1, -0.05) is 0 Å². The van der Waals surface area contributed by atoms with Crippen LogP contribution in [0.4, 0.5) is 5.69 Å². The van der Waals surface area contributed by atoms with Gasteiger partial charge in [0.15, 0.2) is 0 Å². The Morgan fingerprint density at radius 3 is 3.00 bits per heavy atom. The maximum absolute atomic E-state index is 10.6. The predicted molar refractivity (Wildman–Crippen MR) is 39.6 cm³/mol. The molecule has 0 aliphatic carbocycles. The highest BCUT2D eigenvalue weighted by atomic mass is 16.6. The van der Waals surface area contributed by atoms with Gasteiger partial charge in [-0.2, -0.15) is 5.10 Å². The summed E-state index contributed by atoms with van der Waals surface area (Å²) >= 11 is 0. The zero-order valence-corrected chi connectivity index (χ0v) is 6.40. The molecule has 0 atom stereocenters. The van der Waals surface area contributed by atoms with Gasteiger partial charge >= 0.3 is 5.69 Å². The van der Waals surface area contributed by atoms with Crippen molar-refractivity contribution in [2.75, 3.05) is 0 Å². The van der Waals surface area contributed by atoms with E-state index in [-0.39, 0.29) is 23.6 Å². The number of hydrogen-bond acceptors (Lipinski definition) is 4. The fraction of sp³-hybridized carbons (Fsp3) is 0.333. The van der Waals surface area contributed by atoms with Crippen molar-refractivity contribution in [3.05, 3.63) is 22.0 Å². The zero-order valence-electron chi connectivity index (χ0n) is 6.40. The summed E-state index contributed by atoms with van der Waals surface area (Å²) in [5, 5.41) is 16.2. The van der Waals surface area contributed by atoms with E-state index in [1.165, 1.54) is 6.92 Å². The van der Waals surface area contributed by atoms with Crippen molar-refractivity contribution in [3.8, 4) is 0 Å². The summed E-state index contributed by atoms with van der Waals surface area (Å²) in [5.41, 5.74) is 0.123. The van der Waals surface area contributed by atoms with E-state index in [2.05, 4.69) is 10.2 Å². The molecule has 1 aromatic heterocycles. The van der Waals surface area contributed by atoms with E-state index in [1.807, 2.05) is 0 Å². The number of nitro groups is 1. The van der Waals surface area contributed by atoms with Crippen LogP contribution < -0.4 is 0 Å². The standard InChI is InChI=1S/C6H7N3O3/c1-4(10)2-5-6(9(11)12)3-7-8-5/h3H,2H2,1H3,(H,7,8). The maximum Gasteiger partial charge on any atom is 0.310 e. The Labute approximate surface area is 67.7 Å². The lowest BCUT2D eigenvalue weighted by atomic mass is 10.2. The Balaban J connectivity index is 2.91. The molecule has 64 valence electrons. The number of Topliss-reactive ketones (excluding diaryl/α,β-unsaturated/α-hetero) is 1. The normalized spacial score (nSPS) is 9.75. The third-order valence-electron chi connectivity index (χ3n) is 1.32. The molecule has 0 saturated heterocycles. The second-order valence-electron chi connectivity index (χ2n) is 2.37. The van der Waals surface area contributed by atoms with Gasteiger partial charge in [-0.05, 0) is 6.92 Å². The number of aromatic amines is 1. The molecule has 0 aliphatic rings. The number of rotatable bonds is 3. The van der Waals surface area contributed by atoms with Crippen molar-refractivity contribution in [1.82, 2.24) is 10.2 Å². The lowest BCUT2D eigenvalue weighted by Crippen LogP contribution is -2.00. The highest BCUT2D eigenvalue weighted by Crippen LogP contribution is 2.14. The van der Waals surface area contributed by atoms with Crippen LogP contribution in [0.25, 0.3) is 0 Å². The van der Waals surface area contributed by atoms with E-state index >= 15 is 0 Å². The first-order valence-electron chi connectivity index (χ1n) is 3.27. The van der Waals surface area contributed by atoms with Crippen LogP contribution in [0.2, 0.25) is 0 Å². The summed E-state index contributed by atoms with van der Waals surface area (Å²) < 4.78 is 0. The first-order valence-corrected chi connectivity index (χ1v) is 3.27. The molecule has 1 rings (SSSR count). The monoisotopic (exact) mass is 169 g/mol. The van der Waals surface area contributed by atoms with E-state index in [0.29, 0.717) is 0 Å². The van der Waals surface area contributed by atoms with E-state index in [9.17, 15) is 14.9 Å². The minimum Gasteiger partial charge on any atom is -0.300 e. The van der Waals surface area contributed by atoms with Gasteiger partial charge in [-0.3, -0.25) is 20.0 Å². The van der Waals surface area contributed by atoms with Gasteiger partial charge in [0.2, 0.25) is 0 Å². The van der Waals surface area contributed by atoms with Crippen molar-refractivity contribution in [3.63, 3.8) is 0 Å². The fourth-order valence-corrected chi connectivity index (χ4v) is 0.843. The van der Waals surface area contributed by atoms with Crippen LogP contribution >= 0.6 is 0 Å². The third kappa shape index (κ3) is 1.66. The number of ketones is 1. The summed E-state index contributed by atoms with van der Waals surface area (Å²) in [4.78, 5) is 20.3. The van der Waals surface area contributed by atoms with Crippen LogP contribution in [0.5, 0.6) is 0 Å². The molecule has 1 aromatic rings. The quantitative estimate of drug-likeness (QED) is 0.525. The van der Waals surface area contributed by atoms with Gasteiger partial charge in [0.25, 0.3) is 0 Å². The van der Waals surface area contributed by atoms with Gasteiger partial charge < -0.3 is 0 Å². The third-order valence-corrected chi connectivity index (χ3v) is 1.32. The molecule has 0 amide bonds. The van der Waals surface area contributed by atoms with Crippen LogP contribution in [0.1, 0.15) is 12.6 Å². The van der Waals surface area contributed by atoms with Crippen molar-refractivity contribution in [2.45, 2.75) is 13.3 Å². The van der Waals surface area contributed by atoms with E-state index in [0.717, 1.165) is 6.20 Å². The van der Waals surface area contributed by atoms with E-state index in [4.69, 9.17) is 0 Å². The molecule has 1 N–H and O–H groups in total. The number of carbonyl (C=O) groups excluding carboxylic acids is 1. The van der Waals surface area contributed by atoms with E-state index < -0.39 is 4.92 Å². The van der Waals surface area contributed by atoms with Crippen molar-refractivity contribution < 1.29 is 9.72 Å². The van der Waals surface area contributed by atoms with Crippen LogP contribution in [0.3, 0.4) is 0 Å². The molecule has 6 nitrogen and oxygen atoms in total. The minimum absolute atomic E-state index is 0.0241. The summed E-state index contributed by atoms with van der Waals surface area (Å²) in [6.07, 6.45) is 1.12. The van der Waals surface area contributed by atoms with Gasteiger partial charge in [0, 0.05) is 0 Å². The molecule has 0 saturated carbocycles. The first kappa shape index (κ1) is 8.38. The molecule has 0 bridgehead atoms. The molecule has 0 aromatic carbocycles. The largest absolute Gasteiger partial charge is 0.310 e. The molecule has 6 heteroatoms. The van der Waals surface area contributed by atoms with Gasteiger partial charge in [-0.25, -0.2) is 0 Å². The maximum atomic E-state index is 10.6. The Hall–Kier alpha value is -1.72. The Bertz CT molecular complexity index is 318. The van der Waals surface area contributed by atoms with Crippen LogP contribution in [0, 0.1) is 10.1 Å². The van der Waals surface area contributed by atoms with Gasteiger partial charge in [0.05, 0.1) is 11.3 Å². The number of aromatic nitrogens is 2. The number of H-pyrrole nitrogens is 1. The van der Waals surface area contributed by atoms with Gasteiger partial charge in [-0.15, -0.1) is 0 Å². The lowest BCUT2D eigenvalue weighted by molar-refractivity contribution is -0.385. The van der Waals surface area contributed by atoms with E-state index in [1.54, 1.807) is 0 Å². The topological polar surface area (TPSA) is 88.9 Å². The first-order chi connectivity index (χ1) is 5.61. The molecule has 12 heavy (non-hydrogen) atoms. The second-order valence-corrected chi connectivity index (χ2v) is 2.37. The number of carbonyl (C=O) groups is 1. The number of nitrogens with one attached hydrogen (secondary N) is 1. The second kappa shape index (κ2) is 3.12. The minimum atomic E-state index is -0.568. The predicted octanol–water partition coefficient (Wildman–Crippen LogP) is 0.449. The van der Waals surface area contributed by atoms with Crippen LogP contribution in [-0.2, 0) is 11.2 Å². The average Bonchev–Trinajstić information content (AvgIpc) is 2.33. The van der Waals surface area contributed by atoms with Crippen molar-refractivity contribution in [1.29, 1.82) is 0 Å². The Kier molecular flexibility index (Phi) is 2.18. The molecule has 0 spiro atoms. The number of nitrogens with zero attached hydrogens (tertiary/aromatic N) is 2. The average molecular weight is 169 g/mol. The summed E-state index contributed by atoms with van der Waals surface area (Å²) in [6, 6.07) is 0. The molecule has 0 radical (unpaired) electrons. The molecular formula is C6H7N3O3. The van der Waals surface area contributed by atoms with Crippen LogP contribution in [-0.4, -0.2) is 20.9 Å². The van der Waals surface area contributed by atoms with Crippen LogP contribution in [0.15, 0.2) is 6.20 Å². The molecule has 1 heterocycles.